The third kappa shape index (κ3) is 3.07. The average molecular weight is 268 g/mol. The largest absolute Gasteiger partial charge is 0.371 e. The predicted molar refractivity (Wildman–Crippen MR) is 82.0 cm³/mol. The summed E-state index contributed by atoms with van der Waals surface area (Å²) >= 11 is 0. The highest BCUT2D eigenvalue weighted by atomic mass is 15.2. The molecule has 4 heteroatoms. The van der Waals surface area contributed by atoms with E-state index >= 15 is 0 Å². The molecule has 1 aliphatic heterocycles. The lowest BCUT2D eigenvalue weighted by Gasteiger charge is -2.19. The van der Waals surface area contributed by atoms with Crippen LogP contribution < -0.4 is 10.2 Å². The second-order valence-electron chi connectivity index (χ2n) is 5.39. The third-order valence-electron chi connectivity index (χ3n) is 3.80. The summed E-state index contributed by atoms with van der Waals surface area (Å²) in [5.74, 6) is 1.38. The van der Waals surface area contributed by atoms with Gasteiger partial charge in [-0.1, -0.05) is 17.7 Å². The number of benzene rings is 1. The van der Waals surface area contributed by atoms with Crippen molar-refractivity contribution in [3.63, 3.8) is 0 Å². The van der Waals surface area contributed by atoms with Gasteiger partial charge in [-0.2, -0.15) is 0 Å². The second-order valence-corrected chi connectivity index (χ2v) is 5.39. The van der Waals surface area contributed by atoms with Crippen LogP contribution in [0.25, 0.3) is 0 Å². The van der Waals surface area contributed by atoms with Crippen molar-refractivity contribution in [1.29, 1.82) is 0 Å². The lowest BCUT2D eigenvalue weighted by Crippen LogP contribution is -2.22. The Morgan fingerprint density at radius 3 is 2.70 bits per heavy atom. The molecule has 0 spiro atoms. The molecule has 1 aromatic heterocycles. The highest BCUT2D eigenvalue weighted by molar-refractivity contribution is 5.48. The van der Waals surface area contributed by atoms with E-state index in [1.54, 1.807) is 12.4 Å². The zero-order chi connectivity index (χ0) is 13.8. The van der Waals surface area contributed by atoms with Gasteiger partial charge in [-0.15, -0.1) is 0 Å². The van der Waals surface area contributed by atoms with E-state index in [0.29, 0.717) is 5.92 Å². The van der Waals surface area contributed by atoms with Gasteiger partial charge in [0.15, 0.2) is 0 Å². The van der Waals surface area contributed by atoms with E-state index in [0.717, 1.165) is 25.6 Å². The summed E-state index contributed by atoms with van der Waals surface area (Å²) in [4.78, 5) is 10.8. The molecule has 1 fully saturated rings. The van der Waals surface area contributed by atoms with E-state index in [-0.39, 0.29) is 0 Å². The Bertz CT molecular complexity index is 538. The van der Waals surface area contributed by atoms with Crippen LogP contribution in [-0.4, -0.2) is 29.6 Å². The molecular formula is C16H20N4. The van der Waals surface area contributed by atoms with Crippen LogP contribution >= 0.6 is 0 Å². The number of hydrogen-bond donors (Lipinski definition) is 1. The molecule has 2 aromatic rings. The highest BCUT2D eigenvalue weighted by Crippen LogP contribution is 2.24. The molecule has 0 bridgehead atoms. The van der Waals surface area contributed by atoms with Gasteiger partial charge >= 0.3 is 0 Å². The molecule has 0 amide bonds. The SMILES string of the molecule is Cc1ccc(N2CCC(CNc3ncccn3)C2)cc1. The number of aryl methyl sites for hydroxylation is 1. The number of nitrogens with zero attached hydrogens (tertiary/aromatic N) is 3. The number of anilines is 2. The molecule has 1 aromatic carbocycles. The molecule has 0 aliphatic carbocycles. The molecule has 3 rings (SSSR count). The van der Waals surface area contributed by atoms with Gasteiger partial charge in [0, 0.05) is 37.7 Å². The van der Waals surface area contributed by atoms with E-state index in [9.17, 15) is 0 Å². The molecular weight excluding hydrogens is 248 g/mol. The van der Waals surface area contributed by atoms with E-state index in [1.165, 1.54) is 17.7 Å². The van der Waals surface area contributed by atoms with Crippen LogP contribution in [0.5, 0.6) is 0 Å². The molecule has 4 nitrogen and oxygen atoms in total. The van der Waals surface area contributed by atoms with Crippen molar-refractivity contribution in [2.45, 2.75) is 13.3 Å². The number of nitrogens with one attached hydrogen (secondary N) is 1. The van der Waals surface area contributed by atoms with Gasteiger partial charge < -0.3 is 10.2 Å². The highest BCUT2D eigenvalue weighted by Gasteiger charge is 2.22. The summed E-state index contributed by atoms with van der Waals surface area (Å²) in [5, 5.41) is 3.32. The molecule has 1 aliphatic rings. The van der Waals surface area contributed by atoms with Crippen LogP contribution in [0.3, 0.4) is 0 Å². The zero-order valence-electron chi connectivity index (χ0n) is 11.8. The summed E-state index contributed by atoms with van der Waals surface area (Å²) in [7, 11) is 0. The van der Waals surface area contributed by atoms with Crippen molar-refractivity contribution in [2.24, 2.45) is 5.92 Å². The van der Waals surface area contributed by atoms with Crippen LogP contribution in [0.4, 0.5) is 11.6 Å². The second kappa shape index (κ2) is 5.90. The van der Waals surface area contributed by atoms with E-state index < -0.39 is 0 Å². The van der Waals surface area contributed by atoms with Crippen LogP contribution in [0, 0.1) is 12.8 Å². The first-order valence-electron chi connectivity index (χ1n) is 7.14. The van der Waals surface area contributed by atoms with Gasteiger partial charge in [-0.3, -0.25) is 0 Å². The molecule has 20 heavy (non-hydrogen) atoms. The third-order valence-corrected chi connectivity index (χ3v) is 3.80. The fourth-order valence-corrected chi connectivity index (χ4v) is 2.62. The summed E-state index contributed by atoms with van der Waals surface area (Å²) in [5.41, 5.74) is 2.64. The van der Waals surface area contributed by atoms with Gasteiger partial charge in [-0.05, 0) is 37.5 Å². The van der Waals surface area contributed by atoms with Crippen LogP contribution in [-0.2, 0) is 0 Å². The molecule has 1 N–H and O–H groups in total. The lowest BCUT2D eigenvalue weighted by molar-refractivity contribution is 0.619. The predicted octanol–water partition coefficient (Wildman–Crippen LogP) is 2.72. The quantitative estimate of drug-likeness (QED) is 0.925. The first-order valence-corrected chi connectivity index (χ1v) is 7.14. The van der Waals surface area contributed by atoms with Gasteiger partial charge in [-0.25, -0.2) is 9.97 Å². The maximum atomic E-state index is 4.19. The van der Waals surface area contributed by atoms with Crippen LogP contribution in [0.2, 0.25) is 0 Å². The first kappa shape index (κ1) is 12.9. The van der Waals surface area contributed by atoms with Crippen molar-refractivity contribution in [2.75, 3.05) is 29.9 Å². The summed E-state index contributed by atoms with van der Waals surface area (Å²) in [6, 6.07) is 10.6. The lowest BCUT2D eigenvalue weighted by atomic mass is 10.1. The smallest absolute Gasteiger partial charge is 0.222 e. The van der Waals surface area contributed by atoms with Crippen molar-refractivity contribution in [3.8, 4) is 0 Å². The van der Waals surface area contributed by atoms with Crippen molar-refractivity contribution in [3.05, 3.63) is 48.3 Å². The minimum atomic E-state index is 0.653. The van der Waals surface area contributed by atoms with Gasteiger partial charge in [0.25, 0.3) is 0 Å². The summed E-state index contributed by atoms with van der Waals surface area (Å²) < 4.78 is 0. The fourth-order valence-electron chi connectivity index (χ4n) is 2.62. The Morgan fingerprint density at radius 1 is 1.20 bits per heavy atom. The fraction of sp³-hybridized carbons (Fsp3) is 0.375. The standard InChI is InChI=1S/C16H20N4/c1-13-3-5-15(6-4-13)20-10-7-14(12-20)11-19-16-17-8-2-9-18-16/h2-6,8-9,14H,7,10-12H2,1H3,(H,17,18,19). The molecule has 104 valence electrons. The van der Waals surface area contributed by atoms with E-state index in [4.69, 9.17) is 0 Å². The molecule has 0 radical (unpaired) electrons. The molecule has 1 atom stereocenters. The monoisotopic (exact) mass is 268 g/mol. The minimum Gasteiger partial charge on any atom is -0.371 e. The Hall–Kier alpha value is -2.10. The average Bonchev–Trinajstić information content (AvgIpc) is 2.96. The maximum Gasteiger partial charge on any atom is 0.222 e. The Kier molecular flexibility index (Phi) is 3.81. The zero-order valence-corrected chi connectivity index (χ0v) is 11.8. The van der Waals surface area contributed by atoms with E-state index in [1.807, 2.05) is 6.07 Å². The maximum absolute atomic E-state index is 4.19. The van der Waals surface area contributed by atoms with Crippen molar-refractivity contribution >= 4 is 11.6 Å². The number of rotatable bonds is 4. The molecule has 2 heterocycles. The van der Waals surface area contributed by atoms with Crippen LogP contribution in [0.1, 0.15) is 12.0 Å². The minimum absolute atomic E-state index is 0.653. The van der Waals surface area contributed by atoms with Gasteiger partial charge in [0.05, 0.1) is 0 Å². The number of aromatic nitrogens is 2. The van der Waals surface area contributed by atoms with Crippen LogP contribution in [0.15, 0.2) is 42.7 Å². The first-order chi connectivity index (χ1) is 9.81. The Morgan fingerprint density at radius 2 is 1.95 bits per heavy atom. The van der Waals surface area contributed by atoms with Gasteiger partial charge in [0.1, 0.15) is 0 Å². The molecule has 1 saturated heterocycles. The summed E-state index contributed by atoms with van der Waals surface area (Å²) in [6.45, 7) is 5.29. The molecule has 0 saturated carbocycles. The Labute approximate surface area is 119 Å². The topological polar surface area (TPSA) is 41.0 Å². The van der Waals surface area contributed by atoms with Crippen molar-refractivity contribution < 1.29 is 0 Å². The Balaban J connectivity index is 1.53. The van der Waals surface area contributed by atoms with Gasteiger partial charge in [0.2, 0.25) is 5.95 Å². The number of hydrogen-bond acceptors (Lipinski definition) is 4. The summed E-state index contributed by atoms with van der Waals surface area (Å²) in [6.07, 6.45) is 4.75. The van der Waals surface area contributed by atoms with E-state index in [2.05, 4.69) is 51.4 Å². The molecule has 1 unspecified atom stereocenters. The normalized spacial score (nSPS) is 18.2. The van der Waals surface area contributed by atoms with Crippen molar-refractivity contribution in [1.82, 2.24) is 9.97 Å².